The molecule has 1 aromatic carbocycles. The summed E-state index contributed by atoms with van der Waals surface area (Å²) in [6.07, 6.45) is -3.79. The molecule has 0 aliphatic carbocycles. The predicted octanol–water partition coefficient (Wildman–Crippen LogP) is 3.95. The standard InChI is InChI=1S/C22H21ClF3N5O4S2/c23-17-11-15(22(24,25)26)12-28-20(17)27-10-4-7-18(32)30-31-37(34,35)19-9-8-16(36-19)13-29-21(33)14-5-2-1-3-6-14/h1-3,5-6,8-9,11-12,31H,4,7,10,13H2,(H,27,28)(H,29,33)(H,30,32). The van der Waals surface area contributed by atoms with Crippen LogP contribution in [0.1, 0.15) is 33.6 Å². The quantitative estimate of drug-likeness (QED) is 0.202. The van der Waals surface area contributed by atoms with E-state index < -0.39 is 27.7 Å². The number of pyridine rings is 1. The van der Waals surface area contributed by atoms with Gasteiger partial charge in [0.1, 0.15) is 10.0 Å². The van der Waals surface area contributed by atoms with Crippen LogP contribution < -0.4 is 20.9 Å². The van der Waals surface area contributed by atoms with Gasteiger partial charge in [0.2, 0.25) is 5.91 Å². The van der Waals surface area contributed by atoms with Crippen LogP contribution in [0.4, 0.5) is 19.0 Å². The lowest BCUT2D eigenvalue weighted by Gasteiger charge is -2.11. The molecule has 0 aliphatic heterocycles. The molecule has 2 aromatic heterocycles. The summed E-state index contributed by atoms with van der Waals surface area (Å²) < 4.78 is 62.8. The van der Waals surface area contributed by atoms with Gasteiger partial charge in [-0.1, -0.05) is 29.8 Å². The number of carbonyl (C=O) groups is 2. The molecule has 0 bridgehead atoms. The summed E-state index contributed by atoms with van der Waals surface area (Å²) in [7, 11) is -4.03. The second-order valence-corrected chi connectivity index (χ2v) is 11.0. The highest BCUT2D eigenvalue weighted by molar-refractivity contribution is 7.91. The Balaban J connectivity index is 1.40. The number of halogens is 4. The summed E-state index contributed by atoms with van der Waals surface area (Å²) in [6, 6.07) is 12.2. The number of rotatable bonds is 11. The minimum atomic E-state index is -4.57. The van der Waals surface area contributed by atoms with Crippen LogP contribution >= 0.6 is 22.9 Å². The molecule has 0 atom stereocenters. The Morgan fingerprint density at radius 3 is 2.49 bits per heavy atom. The first-order chi connectivity index (χ1) is 17.5. The number of nitrogens with one attached hydrogen (secondary N) is 4. The first-order valence-electron chi connectivity index (χ1n) is 10.6. The van der Waals surface area contributed by atoms with Crippen molar-refractivity contribution in [1.29, 1.82) is 0 Å². The summed E-state index contributed by atoms with van der Waals surface area (Å²) in [5.74, 6) is -0.886. The second kappa shape index (κ2) is 12.4. The van der Waals surface area contributed by atoms with E-state index in [-0.39, 0.29) is 46.9 Å². The Labute approximate surface area is 219 Å². The molecule has 15 heteroatoms. The van der Waals surface area contributed by atoms with Crippen LogP contribution in [-0.4, -0.2) is 31.8 Å². The fourth-order valence-electron chi connectivity index (χ4n) is 2.87. The molecule has 0 spiro atoms. The van der Waals surface area contributed by atoms with Gasteiger partial charge in [0, 0.05) is 29.6 Å². The van der Waals surface area contributed by atoms with Gasteiger partial charge in [-0.05, 0) is 36.8 Å². The zero-order valence-electron chi connectivity index (χ0n) is 18.9. The summed E-state index contributed by atoms with van der Waals surface area (Å²) >= 11 is 6.73. The monoisotopic (exact) mass is 575 g/mol. The highest BCUT2D eigenvalue weighted by Gasteiger charge is 2.31. The normalized spacial score (nSPS) is 11.7. The van der Waals surface area contributed by atoms with Crippen molar-refractivity contribution in [3.8, 4) is 0 Å². The maximum Gasteiger partial charge on any atom is 0.417 e. The second-order valence-electron chi connectivity index (χ2n) is 7.51. The number of nitrogens with zero attached hydrogens (tertiary/aromatic N) is 1. The predicted molar refractivity (Wildman–Crippen MR) is 132 cm³/mol. The third-order valence-corrected chi connectivity index (χ3v) is 7.84. The van der Waals surface area contributed by atoms with E-state index in [9.17, 15) is 31.2 Å². The van der Waals surface area contributed by atoms with E-state index >= 15 is 0 Å². The largest absolute Gasteiger partial charge is 0.417 e. The molecule has 198 valence electrons. The van der Waals surface area contributed by atoms with Crippen molar-refractivity contribution in [2.24, 2.45) is 0 Å². The van der Waals surface area contributed by atoms with E-state index in [2.05, 4.69) is 21.0 Å². The number of anilines is 1. The van der Waals surface area contributed by atoms with Crippen molar-refractivity contribution in [1.82, 2.24) is 20.6 Å². The lowest BCUT2D eigenvalue weighted by atomic mass is 10.2. The molecule has 37 heavy (non-hydrogen) atoms. The molecule has 0 aliphatic rings. The van der Waals surface area contributed by atoms with Gasteiger partial charge in [-0.3, -0.25) is 15.0 Å². The number of hydrogen-bond donors (Lipinski definition) is 4. The SMILES string of the molecule is O=C(CCCNc1ncc(C(F)(F)F)cc1Cl)NNS(=O)(=O)c1ccc(CNC(=O)c2ccccc2)s1. The molecule has 2 heterocycles. The molecule has 0 radical (unpaired) electrons. The van der Waals surface area contributed by atoms with Crippen LogP contribution in [0.5, 0.6) is 0 Å². The third kappa shape index (κ3) is 8.42. The van der Waals surface area contributed by atoms with Crippen LogP contribution in [-0.2, 0) is 27.5 Å². The number of thiophene rings is 1. The van der Waals surface area contributed by atoms with Crippen molar-refractivity contribution in [2.75, 3.05) is 11.9 Å². The Bertz CT molecular complexity index is 1350. The number of hydrazine groups is 1. The molecular weight excluding hydrogens is 555 g/mol. The van der Waals surface area contributed by atoms with Crippen LogP contribution in [0.2, 0.25) is 5.02 Å². The van der Waals surface area contributed by atoms with Gasteiger partial charge in [0.05, 0.1) is 17.1 Å². The number of alkyl halides is 3. The van der Waals surface area contributed by atoms with Crippen molar-refractivity contribution in [3.05, 3.63) is 75.8 Å². The zero-order valence-corrected chi connectivity index (χ0v) is 21.3. The fourth-order valence-corrected chi connectivity index (χ4v) is 5.26. The summed E-state index contributed by atoms with van der Waals surface area (Å²) in [6.45, 7) is 0.284. The maximum atomic E-state index is 12.7. The number of benzene rings is 1. The minimum absolute atomic E-state index is 0.0317. The van der Waals surface area contributed by atoms with E-state index in [1.807, 2.05) is 4.83 Å². The zero-order chi connectivity index (χ0) is 27.1. The average Bonchev–Trinajstić information content (AvgIpc) is 3.35. The highest BCUT2D eigenvalue weighted by Crippen LogP contribution is 2.32. The van der Waals surface area contributed by atoms with Crippen molar-refractivity contribution < 1.29 is 31.2 Å². The highest BCUT2D eigenvalue weighted by atomic mass is 35.5. The van der Waals surface area contributed by atoms with Gasteiger partial charge < -0.3 is 10.6 Å². The Morgan fingerprint density at radius 1 is 1.08 bits per heavy atom. The van der Waals surface area contributed by atoms with E-state index in [0.29, 0.717) is 16.6 Å². The molecule has 2 amide bonds. The topological polar surface area (TPSA) is 129 Å². The van der Waals surface area contributed by atoms with Gasteiger partial charge in [0.25, 0.3) is 15.9 Å². The van der Waals surface area contributed by atoms with Gasteiger partial charge in [-0.2, -0.15) is 13.2 Å². The summed E-state index contributed by atoms with van der Waals surface area (Å²) in [4.78, 5) is 30.3. The smallest absolute Gasteiger partial charge is 0.369 e. The lowest BCUT2D eigenvalue weighted by molar-refractivity contribution is -0.137. The summed E-state index contributed by atoms with van der Waals surface area (Å²) in [5.41, 5.74) is 1.60. The Kier molecular flexibility index (Phi) is 9.48. The molecule has 0 fully saturated rings. The van der Waals surface area contributed by atoms with Crippen LogP contribution in [0.25, 0.3) is 0 Å². The van der Waals surface area contributed by atoms with Gasteiger partial charge in [0.15, 0.2) is 0 Å². The van der Waals surface area contributed by atoms with E-state index in [0.717, 1.165) is 17.4 Å². The average molecular weight is 576 g/mol. The third-order valence-electron chi connectivity index (χ3n) is 4.73. The number of hydrogen-bond acceptors (Lipinski definition) is 7. The molecular formula is C22H21ClF3N5O4S2. The van der Waals surface area contributed by atoms with Crippen molar-refractivity contribution in [3.63, 3.8) is 0 Å². The van der Waals surface area contributed by atoms with Gasteiger partial charge >= 0.3 is 6.18 Å². The molecule has 4 N–H and O–H groups in total. The fraction of sp³-hybridized carbons (Fsp3) is 0.227. The van der Waals surface area contributed by atoms with E-state index in [4.69, 9.17) is 11.6 Å². The molecule has 3 aromatic rings. The lowest BCUT2D eigenvalue weighted by Crippen LogP contribution is -2.41. The first kappa shape index (κ1) is 28.4. The van der Waals surface area contributed by atoms with Crippen molar-refractivity contribution >= 4 is 50.6 Å². The van der Waals surface area contributed by atoms with Crippen LogP contribution in [0, 0.1) is 0 Å². The summed E-state index contributed by atoms with van der Waals surface area (Å²) in [5, 5.41) is 5.20. The molecule has 3 rings (SSSR count). The van der Waals surface area contributed by atoms with Gasteiger partial charge in [-0.25, -0.2) is 13.4 Å². The Morgan fingerprint density at radius 2 is 1.81 bits per heavy atom. The first-order valence-corrected chi connectivity index (χ1v) is 13.3. The molecule has 0 saturated carbocycles. The number of aromatic nitrogens is 1. The van der Waals surface area contributed by atoms with E-state index in [1.54, 1.807) is 36.4 Å². The van der Waals surface area contributed by atoms with Crippen molar-refractivity contribution in [2.45, 2.75) is 29.8 Å². The molecule has 9 nitrogen and oxygen atoms in total. The number of carbonyl (C=O) groups excluding carboxylic acids is 2. The maximum absolute atomic E-state index is 12.7. The number of amides is 2. The van der Waals surface area contributed by atoms with Crippen LogP contribution in [0.3, 0.4) is 0 Å². The Hall–Kier alpha value is -3.20. The van der Waals surface area contributed by atoms with Gasteiger partial charge in [-0.15, -0.1) is 16.2 Å². The van der Waals surface area contributed by atoms with Crippen LogP contribution in [0.15, 0.2) is 58.9 Å². The minimum Gasteiger partial charge on any atom is -0.369 e. The number of sulfonamides is 1. The molecule has 0 saturated heterocycles. The van der Waals surface area contributed by atoms with E-state index in [1.165, 1.54) is 6.07 Å². The molecule has 0 unspecified atom stereocenters.